The SMILES string of the molecule is CO[C@H]1C[C@@H](C(=O)O)N(Cc2cc3ccccc3o2)C1. The molecule has 1 saturated heterocycles. The summed E-state index contributed by atoms with van der Waals surface area (Å²) in [6.45, 7) is 1.11. The molecule has 1 aromatic heterocycles. The van der Waals surface area contributed by atoms with Crippen LogP contribution in [0.2, 0.25) is 0 Å². The Kier molecular flexibility index (Phi) is 3.46. The third kappa shape index (κ3) is 2.42. The molecular formula is C15H17NO4. The number of hydrogen-bond donors (Lipinski definition) is 1. The number of nitrogens with zero attached hydrogens (tertiary/aromatic N) is 1. The molecule has 1 aliphatic heterocycles. The molecule has 2 heterocycles. The van der Waals surface area contributed by atoms with Crippen molar-refractivity contribution >= 4 is 16.9 Å². The van der Waals surface area contributed by atoms with Gasteiger partial charge in [-0.2, -0.15) is 0 Å². The number of aliphatic carboxylic acids is 1. The lowest BCUT2D eigenvalue weighted by Crippen LogP contribution is -2.35. The van der Waals surface area contributed by atoms with Crippen LogP contribution < -0.4 is 0 Å². The zero-order chi connectivity index (χ0) is 14.1. The summed E-state index contributed by atoms with van der Waals surface area (Å²) in [6, 6.07) is 9.24. The zero-order valence-corrected chi connectivity index (χ0v) is 11.3. The van der Waals surface area contributed by atoms with Crippen LogP contribution in [0, 0.1) is 0 Å². The van der Waals surface area contributed by atoms with Crippen LogP contribution in [0.4, 0.5) is 0 Å². The number of para-hydroxylation sites is 1. The number of rotatable bonds is 4. The van der Waals surface area contributed by atoms with Gasteiger partial charge in [-0.3, -0.25) is 9.69 Å². The van der Waals surface area contributed by atoms with Gasteiger partial charge in [-0.25, -0.2) is 0 Å². The average Bonchev–Trinajstić information content (AvgIpc) is 3.01. The molecule has 2 aromatic rings. The summed E-state index contributed by atoms with van der Waals surface area (Å²) in [6.07, 6.45) is 0.493. The molecule has 0 radical (unpaired) electrons. The molecular weight excluding hydrogens is 258 g/mol. The molecule has 3 rings (SSSR count). The van der Waals surface area contributed by atoms with Crippen LogP contribution in [0.15, 0.2) is 34.7 Å². The first-order valence-electron chi connectivity index (χ1n) is 6.64. The number of likely N-dealkylation sites (tertiary alicyclic amines) is 1. The summed E-state index contributed by atoms with van der Waals surface area (Å²) >= 11 is 0. The first-order valence-corrected chi connectivity index (χ1v) is 6.64. The van der Waals surface area contributed by atoms with E-state index in [1.54, 1.807) is 7.11 Å². The van der Waals surface area contributed by atoms with Gasteiger partial charge in [0.1, 0.15) is 17.4 Å². The Labute approximate surface area is 116 Å². The highest BCUT2D eigenvalue weighted by molar-refractivity contribution is 5.77. The van der Waals surface area contributed by atoms with Gasteiger partial charge in [0.15, 0.2) is 0 Å². The lowest BCUT2D eigenvalue weighted by Gasteiger charge is -2.19. The number of methoxy groups -OCH3 is 1. The number of fused-ring (bicyclic) bond motifs is 1. The average molecular weight is 275 g/mol. The van der Waals surface area contributed by atoms with E-state index in [1.807, 2.05) is 35.2 Å². The van der Waals surface area contributed by atoms with Crippen LogP contribution in [-0.4, -0.2) is 41.8 Å². The zero-order valence-electron chi connectivity index (χ0n) is 11.3. The second kappa shape index (κ2) is 5.26. The maximum atomic E-state index is 11.3. The summed E-state index contributed by atoms with van der Waals surface area (Å²) in [5, 5.41) is 10.3. The van der Waals surface area contributed by atoms with E-state index >= 15 is 0 Å². The summed E-state index contributed by atoms with van der Waals surface area (Å²) < 4.78 is 11.0. The monoisotopic (exact) mass is 275 g/mol. The van der Waals surface area contributed by atoms with Crippen molar-refractivity contribution in [2.24, 2.45) is 0 Å². The van der Waals surface area contributed by atoms with Crippen LogP contribution in [-0.2, 0) is 16.1 Å². The molecule has 0 bridgehead atoms. The van der Waals surface area contributed by atoms with E-state index in [1.165, 1.54) is 0 Å². The van der Waals surface area contributed by atoms with Crippen LogP contribution in [0.3, 0.4) is 0 Å². The van der Waals surface area contributed by atoms with Crippen LogP contribution >= 0.6 is 0 Å². The molecule has 1 N–H and O–H groups in total. The number of carbonyl (C=O) groups is 1. The Morgan fingerprint density at radius 1 is 1.50 bits per heavy atom. The largest absolute Gasteiger partial charge is 0.480 e. The van der Waals surface area contributed by atoms with E-state index in [0.717, 1.165) is 16.7 Å². The molecule has 1 aromatic carbocycles. The van der Waals surface area contributed by atoms with Gasteiger partial charge >= 0.3 is 5.97 Å². The Morgan fingerprint density at radius 3 is 3.00 bits per heavy atom. The fourth-order valence-corrected chi connectivity index (χ4v) is 2.78. The van der Waals surface area contributed by atoms with Gasteiger partial charge in [-0.15, -0.1) is 0 Å². The quantitative estimate of drug-likeness (QED) is 0.926. The molecule has 1 fully saturated rings. The fraction of sp³-hybridized carbons (Fsp3) is 0.400. The van der Waals surface area contributed by atoms with E-state index < -0.39 is 12.0 Å². The van der Waals surface area contributed by atoms with Gasteiger partial charge < -0.3 is 14.3 Å². The highest BCUT2D eigenvalue weighted by Gasteiger charge is 2.37. The Hall–Kier alpha value is -1.85. The van der Waals surface area contributed by atoms with Crippen molar-refractivity contribution in [3.63, 3.8) is 0 Å². The lowest BCUT2D eigenvalue weighted by atomic mass is 10.2. The van der Waals surface area contributed by atoms with Gasteiger partial charge in [0, 0.05) is 25.5 Å². The Balaban J connectivity index is 1.80. The van der Waals surface area contributed by atoms with Crippen molar-refractivity contribution in [3.05, 3.63) is 36.1 Å². The Morgan fingerprint density at radius 2 is 2.30 bits per heavy atom. The minimum Gasteiger partial charge on any atom is -0.480 e. The summed E-state index contributed by atoms with van der Waals surface area (Å²) in [7, 11) is 1.62. The second-order valence-corrected chi connectivity index (χ2v) is 5.13. The number of hydrogen-bond acceptors (Lipinski definition) is 4. The number of ether oxygens (including phenoxy) is 1. The van der Waals surface area contributed by atoms with Crippen molar-refractivity contribution in [2.45, 2.75) is 25.1 Å². The molecule has 0 unspecified atom stereocenters. The molecule has 1 aliphatic rings. The predicted octanol–water partition coefficient (Wildman–Crippen LogP) is 2.11. The van der Waals surface area contributed by atoms with Crippen molar-refractivity contribution in [3.8, 4) is 0 Å². The highest BCUT2D eigenvalue weighted by atomic mass is 16.5. The molecule has 0 amide bonds. The van der Waals surface area contributed by atoms with E-state index in [0.29, 0.717) is 19.5 Å². The van der Waals surface area contributed by atoms with Crippen molar-refractivity contribution in [1.29, 1.82) is 0 Å². The Bertz CT molecular complexity index is 588. The normalized spacial score (nSPS) is 23.4. The van der Waals surface area contributed by atoms with Gasteiger partial charge in [0.25, 0.3) is 0 Å². The maximum absolute atomic E-state index is 11.3. The van der Waals surface area contributed by atoms with E-state index in [4.69, 9.17) is 9.15 Å². The molecule has 2 atom stereocenters. The van der Waals surface area contributed by atoms with Crippen LogP contribution in [0.25, 0.3) is 11.0 Å². The molecule has 5 nitrogen and oxygen atoms in total. The number of benzene rings is 1. The van der Waals surface area contributed by atoms with Gasteiger partial charge in [-0.05, 0) is 12.1 Å². The minimum atomic E-state index is -0.805. The summed E-state index contributed by atoms with van der Waals surface area (Å²) in [4.78, 5) is 13.2. The second-order valence-electron chi connectivity index (χ2n) is 5.13. The van der Waals surface area contributed by atoms with Gasteiger partial charge in [0.05, 0.1) is 12.6 Å². The third-order valence-electron chi connectivity index (χ3n) is 3.82. The van der Waals surface area contributed by atoms with E-state index in [-0.39, 0.29) is 6.10 Å². The molecule has 0 spiro atoms. The van der Waals surface area contributed by atoms with Gasteiger partial charge in [-0.1, -0.05) is 18.2 Å². The van der Waals surface area contributed by atoms with Crippen molar-refractivity contribution < 1.29 is 19.1 Å². The maximum Gasteiger partial charge on any atom is 0.321 e. The topological polar surface area (TPSA) is 62.9 Å². The van der Waals surface area contributed by atoms with Crippen molar-refractivity contribution in [1.82, 2.24) is 4.90 Å². The van der Waals surface area contributed by atoms with Crippen LogP contribution in [0.1, 0.15) is 12.2 Å². The molecule has 0 saturated carbocycles. The predicted molar refractivity (Wildman–Crippen MR) is 73.5 cm³/mol. The highest BCUT2D eigenvalue weighted by Crippen LogP contribution is 2.25. The van der Waals surface area contributed by atoms with Gasteiger partial charge in [0.2, 0.25) is 0 Å². The molecule has 5 heteroatoms. The molecule has 20 heavy (non-hydrogen) atoms. The fourth-order valence-electron chi connectivity index (χ4n) is 2.78. The van der Waals surface area contributed by atoms with E-state index in [9.17, 15) is 9.90 Å². The van der Waals surface area contributed by atoms with E-state index in [2.05, 4.69) is 0 Å². The first kappa shape index (κ1) is 13.1. The smallest absolute Gasteiger partial charge is 0.321 e. The number of carboxylic acid groups (broad SMARTS) is 1. The van der Waals surface area contributed by atoms with Crippen molar-refractivity contribution in [2.75, 3.05) is 13.7 Å². The third-order valence-corrected chi connectivity index (χ3v) is 3.82. The lowest BCUT2D eigenvalue weighted by molar-refractivity contribution is -0.142. The molecule has 0 aliphatic carbocycles. The number of carboxylic acids is 1. The first-order chi connectivity index (χ1) is 9.67. The number of furan rings is 1. The summed E-state index contributed by atoms with van der Waals surface area (Å²) in [5.41, 5.74) is 0.830. The minimum absolute atomic E-state index is 0.0273. The molecule has 106 valence electrons. The van der Waals surface area contributed by atoms with Crippen LogP contribution in [0.5, 0.6) is 0 Å². The summed E-state index contributed by atoms with van der Waals surface area (Å²) in [5.74, 6) is -0.0186. The standard InChI is InChI=1S/C15H17NO4/c1-19-11-7-13(15(17)18)16(8-11)9-12-6-10-4-2-3-5-14(10)20-12/h2-6,11,13H,7-9H2,1H3,(H,17,18)/t11-,13-/m0/s1.